The van der Waals surface area contributed by atoms with E-state index in [2.05, 4.69) is 45.5 Å². The van der Waals surface area contributed by atoms with Crippen molar-refractivity contribution in [3.05, 3.63) is 47.2 Å². The smallest absolute Gasteiger partial charge is 0.0620 e. The number of hydrogen-bond donors (Lipinski definition) is 5. The standard InChI is InChI=1S/C30H44ClN5O9P2.U/c1-2-12-41-14-16-43-18-19-44-17-15-42-13-11-35(26-9-7-22-5-3-4-6-24(22)26)28-25-20-32-36(29(25)34-30(31)33-28)27-10-8-23(45-27)21-46(37)47(38,39)40;/h1,3-6,20,23,26-27,30,34,37-40,47H,7-19,21H2;. The van der Waals surface area contributed by atoms with Gasteiger partial charge in [-0.05, 0) is 12.0 Å². The van der Waals surface area contributed by atoms with Gasteiger partial charge in [-0.1, -0.05) is 30.2 Å². The van der Waals surface area contributed by atoms with Gasteiger partial charge in [0.05, 0.1) is 39.6 Å². The van der Waals surface area contributed by atoms with Gasteiger partial charge >= 0.3 is 168 Å². The third kappa shape index (κ3) is 10.8. The summed E-state index contributed by atoms with van der Waals surface area (Å²) in [5, 5.41) is 7.86. The summed E-state index contributed by atoms with van der Waals surface area (Å²) >= 11 is 6.67. The quantitative estimate of drug-likeness (QED) is 0.0488. The number of aryl methyl sites for hydroxylation is 1. The van der Waals surface area contributed by atoms with Crippen molar-refractivity contribution in [1.82, 2.24) is 14.7 Å². The Labute approximate surface area is 311 Å². The van der Waals surface area contributed by atoms with Crippen molar-refractivity contribution in [1.29, 1.82) is 0 Å². The van der Waals surface area contributed by atoms with Gasteiger partial charge in [-0.2, -0.15) is 0 Å². The summed E-state index contributed by atoms with van der Waals surface area (Å²) in [6.45, 7) is 3.98. The molecule has 5 atom stereocenters. The normalized spacial score (nSPS) is 22.5. The average Bonchev–Trinajstić information content (AvgIpc) is 3.79. The Kier molecular flexibility index (Phi) is 16.3. The van der Waals surface area contributed by atoms with E-state index in [0.29, 0.717) is 77.3 Å². The average molecular weight is 954 g/mol. The summed E-state index contributed by atoms with van der Waals surface area (Å²) in [6.07, 6.45) is 8.97. The molecule has 3 heterocycles. The number of benzene rings is 1. The maximum absolute atomic E-state index is 10.0. The number of aliphatic imine (C=N–C) groups is 1. The van der Waals surface area contributed by atoms with Gasteiger partial charge in [0.2, 0.25) is 0 Å². The van der Waals surface area contributed by atoms with Gasteiger partial charge < -0.3 is 18.9 Å². The molecule has 1 aliphatic carbocycles. The molecule has 48 heavy (non-hydrogen) atoms. The minimum absolute atomic E-state index is 0. The van der Waals surface area contributed by atoms with Crippen molar-refractivity contribution in [2.45, 2.75) is 49.7 Å². The van der Waals surface area contributed by atoms with Gasteiger partial charge in [-0.15, -0.1) is 6.42 Å². The second-order valence-corrected chi connectivity index (χ2v) is 17.4. The molecular weight excluding hydrogens is 910 g/mol. The molecule has 5 N–H and O–H groups in total. The van der Waals surface area contributed by atoms with Gasteiger partial charge in [0.15, 0.2) is 0 Å². The zero-order valence-electron chi connectivity index (χ0n) is 26.6. The Hall–Kier alpha value is -0.898. The topological polar surface area (TPSA) is 173 Å². The summed E-state index contributed by atoms with van der Waals surface area (Å²) in [5.41, 5.74) is 2.59. The number of alkyl halides is 1. The molecule has 264 valence electrons. The fourth-order valence-electron chi connectivity index (χ4n) is 5.98. The predicted octanol–water partition coefficient (Wildman–Crippen LogP) is 2.72. The Morgan fingerprint density at radius 2 is 1.73 bits per heavy atom. The molecule has 1 aromatic carbocycles. The molecule has 5 unspecified atom stereocenters. The van der Waals surface area contributed by atoms with Gasteiger partial charge in [-0.25, -0.2) is 0 Å². The fourth-order valence-corrected chi connectivity index (χ4v) is 8.42. The molecular formula is C30H44ClN5O9P2U. The number of aromatic nitrogens is 2. The van der Waals surface area contributed by atoms with Crippen molar-refractivity contribution in [2.24, 2.45) is 4.99 Å². The van der Waals surface area contributed by atoms with Crippen molar-refractivity contribution in [2.75, 3.05) is 70.9 Å². The van der Waals surface area contributed by atoms with E-state index >= 15 is 0 Å². The second-order valence-electron chi connectivity index (χ2n) is 11.3. The zero-order valence-corrected chi connectivity index (χ0v) is 33.4. The monoisotopic (exact) mass is 953 g/mol. The predicted molar refractivity (Wildman–Crippen MR) is 180 cm³/mol. The van der Waals surface area contributed by atoms with Crippen LogP contribution in [0.25, 0.3) is 0 Å². The Morgan fingerprint density at radius 3 is 2.44 bits per heavy atom. The summed E-state index contributed by atoms with van der Waals surface area (Å²) < 4.78 is 30.1. The van der Waals surface area contributed by atoms with Gasteiger partial charge in [-0.3, -0.25) is 0 Å². The van der Waals surface area contributed by atoms with E-state index in [-0.39, 0.29) is 49.9 Å². The van der Waals surface area contributed by atoms with Crippen LogP contribution in [0.3, 0.4) is 0 Å². The van der Waals surface area contributed by atoms with Crippen LogP contribution in [0.4, 0.5) is 5.82 Å². The van der Waals surface area contributed by atoms with Crippen LogP contribution in [0.5, 0.6) is 0 Å². The van der Waals surface area contributed by atoms with Crippen LogP contribution < -0.4 is 5.32 Å². The molecule has 2 aromatic rings. The molecule has 14 nitrogen and oxygen atoms in total. The van der Waals surface area contributed by atoms with Crippen LogP contribution in [-0.2, 0) is 30.1 Å². The number of nitrogens with zero attached hydrogens (tertiary/aromatic N) is 4. The number of rotatable bonds is 18. The van der Waals surface area contributed by atoms with Crippen LogP contribution in [0.15, 0.2) is 35.5 Å². The van der Waals surface area contributed by atoms with E-state index in [1.165, 1.54) is 11.1 Å². The number of amidine groups is 1. The van der Waals surface area contributed by atoms with E-state index in [1.54, 1.807) is 10.9 Å². The summed E-state index contributed by atoms with van der Waals surface area (Å²) in [4.78, 5) is 45.5. The number of fused-ring (bicyclic) bond motifs is 2. The van der Waals surface area contributed by atoms with Gasteiger partial charge in [0.25, 0.3) is 0 Å². The summed E-state index contributed by atoms with van der Waals surface area (Å²) in [5.74, 6) is 3.78. The SMILES string of the molecule is C#CCOCCOCCOCCOCCN(C1=NC(Cl)Nc2c1cnn2C1CCC(CP(O)[PH](O)(O)O)O1)C1CCc2ccccc21.[U]. The molecule has 3 aliphatic rings. The molecule has 1 aromatic heterocycles. The molecule has 1 saturated heterocycles. The molecule has 0 amide bonds. The zero-order chi connectivity index (χ0) is 33.2. The number of ether oxygens (including phenoxy) is 5. The van der Waals surface area contributed by atoms with Crippen LogP contribution in [-0.4, -0.2) is 117 Å². The van der Waals surface area contributed by atoms with Crippen molar-refractivity contribution >= 4 is 38.7 Å². The molecule has 0 spiro atoms. The number of terminal acetylenes is 1. The fraction of sp³-hybridized carbons (Fsp3) is 0.600. The first kappa shape index (κ1) is 39.9. The van der Waals surface area contributed by atoms with Crippen LogP contribution in [0.2, 0.25) is 0 Å². The molecule has 0 bridgehead atoms. The summed E-state index contributed by atoms with van der Waals surface area (Å²) in [6, 6.07) is 8.51. The molecule has 5 rings (SSSR count). The van der Waals surface area contributed by atoms with E-state index in [1.807, 2.05) is 0 Å². The number of anilines is 1. The Morgan fingerprint density at radius 1 is 1.04 bits per heavy atom. The summed E-state index contributed by atoms with van der Waals surface area (Å²) in [7, 11) is -6.93. The van der Waals surface area contributed by atoms with E-state index < -0.39 is 33.4 Å². The molecule has 2 aliphatic heterocycles. The Balaban J connectivity index is 0.00000520. The van der Waals surface area contributed by atoms with E-state index in [4.69, 9.17) is 46.7 Å². The minimum Gasteiger partial charge on any atom is -0.0620 e. The Bertz CT molecular complexity index is 1380. The second kappa shape index (κ2) is 19.6. The number of hydrogen-bond acceptors (Lipinski definition) is 13. The van der Waals surface area contributed by atoms with E-state index in [0.717, 1.165) is 18.4 Å². The first-order valence-electron chi connectivity index (χ1n) is 15.7. The minimum atomic E-state index is -4.60. The van der Waals surface area contributed by atoms with Crippen molar-refractivity contribution in [3.63, 3.8) is 0 Å². The van der Waals surface area contributed by atoms with Crippen LogP contribution in [0, 0.1) is 43.5 Å². The first-order valence-corrected chi connectivity index (χ1v) is 20.3. The first-order chi connectivity index (χ1) is 22.8. The third-order valence-corrected chi connectivity index (χ3v) is 12.4. The van der Waals surface area contributed by atoms with Crippen molar-refractivity contribution in [3.8, 4) is 12.3 Å². The molecule has 0 saturated carbocycles. The van der Waals surface area contributed by atoms with Gasteiger partial charge in [0, 0.05) is 31.1 Å². The molecule has 18 heteroatoms. The number of halogens is 1. The van der Waals surface area contributed by atoms with Crippen LogP contribution in [0.1, 0.15) is 48.2 Å². The molecule has 0 radical (unpaired) electrons. The maximum atomic E-state index is 10.0. The van der Waals surface area contributed by atoms with Crippen molar-refractivity contribution < 1.29 is 74.4 Å². The van der Waals surface area contributed by atoms with Gasteiger partial charge in [0.1, 0.15) is 6.61 Å². The molecule has 1 fully saturated rings. The number of nitrogens with one attached hydrogen (secondary N) is 1. The third-order valence-electron chi connectivity index (χ3n) is 8.14. The van der Waals surface area contributed by atoms with E-state index in [9.17, 15) is 19.6 Å². The van der Waals surface area contributed by atoms with Crippen LogP contribution >= 0.6 is 27.1 Å².